The van der Waals surface area contributed by atoms with E-state index >= 15 is 0 Å². The molecule has 2 unspecified atom stereocenters. The highest BCUT2D eigenvalue weighted by Crippen LogP contribution is 2.25. The average Bonchev–Trinajstić information content (AvgIpc) is 2.68. The maximum Gasteiger partial charge on any atom is 0.228 e. The Morgan fingerprint density at radius 2 is 2.28 bits per heavy atom. The zero-order chi connectivity index (χ0) is 13.3. The van der Waals surface area contributed by atoms with Crippen molar-refractivity contribution in [3.05, 3.63) is 0 Å². The molecule has 2 aliphatic rings. The van der Waals surface area contributed by atoms with Crippen LogP contribution < -0.4 is 0 Å². The van der Waals surface area contributed by atoms with Crippen molar-refractivity contribution in [2.24, 2.45) is 5.92 Å². The van der Waals surface area contributed by atoms with E-state index in [1.807, 2.05) is 6.92 Å². The molecule has 2 fully saturated rings. The summed E-state index contributed by atoms with van der Waals surface area (Å²) in [6, 6.07) is 0. The molecule has 0 radical (unpaired) electrons. The lowest BCUT2D eigenvalue weighted by Gasteiger charge is -2.37. The molecule has 2 saturated heterocycles. The summed E-state index contributed by atoms with van der Waals surface area (Å²) < 4.78 is 0. The molecule has 2 aliphatic heterocycles. The normalized spacial score (nSPS) is 33.1. The van der Waals surface area contributed by atoms with E-state index in [1.165, 1.54) is 0 Å². The van der Waals surface area contributed by atoms with E-state index in [0.29, 0.717) is 32.6 Å². The number of hydrogen-bond acceptors (Lipinski definition) is 3. The first-order chi connectivity index (χ1) is 8.43. The zero-order valence-corrected chi connectivity index (χ0v) is 11.2. The second kappa shape index (κ2) is 4.88. The molecule has 2 amide bonds. The molecule has 5 nitrogen and oxygen atoms in total. The first-order valence-corrected chi connectivity index (χ1v) is 6.72. The summed E-state index contributed by atoms with van der Waals surface area (Å²) in [6.45, 7) is 5.99. The molecule has 18 heavy (non-hydrogen) atoms. The van der Waals surface area contributed by atoms with Gasteiger partial charge in [-0.25, -0.2) is 0 Å². The Kier molecular flexibility index (Phi) is 3.61. The minimum atomic E-state index is -0.777. The highest BCUT2D eigenvalue weighted by molar-refractivity contribution is 5.89. The van der Waals surface area contributed by atoms with Gasteiger partial charge in [0.05, 0.1) is 11.5 Å². The number of nitrogens with zero attached hydrogens (tertiary/aromatic N) is 2. The van der Waals surface area contributed by atoms with Crippen molar-refractivity contribution in [1.29, 1.82) is 0 Å². The summed E-state index contributed by atoms with van der Waals surface area (Å²) in [4.78, 5) is 27.4. The molecule has 0 aromatic carbocycles. The molecule has 102 valence electrons. The number of hydrogen-bond donors (Lipinski definition) is 1. The second-order valence-electron chi connectivity index (χ2n) is 5.69. The van der Waals surface area contributed by atoms with Gasteiger partial charge < -0.3 is 14.9 Å². The van der Waals surface area contributed by atoms with Crippen LogP contribution in [0.1, 0.15) is 33.1 Å². The number of carbonyl (C=O) groups is 2. The van der Waals surface area contributed by atoms with Crippen molar-refractivity contribution in [2.75, 3.05) is 26.2 Å². The summed E-state index contributed by atoms with van der Waals surface area (Å²) in [7, 11) is 0. The van der Waals surface area contributed by atoms with Crippen molar-refractivity contribution in [1.82, 2.24) is 9.80 Å². The standard InChI is InChI=1S/C13H22N2O3/c1-3-14-8-10(7-11(14)16)12(17)15-6-4-5-13(2,18)9-15/h10,18H,3-9H2,1-2H3. The van der Waals surface area contributed by atoms with Gasteiger partial charge >= 0.3 is 0 Å². The smallest absolute Gasteiger partial charge is 0.228 e. The average molecular weight is 254 g/mol. The molecule has 2 atom stereocenters. The van der Waals surface area contributed by atoms with E-state index in [-0.39, 0.29) is 17.7 Å². The van der Waals surface area contributed by atoms with Crippen LogP contribution in [-0.2, 0) is 9.59 Å². The van der Waals surface area contributed by atoms with E-state index in [4.69, 9.17) is 0 Å². The molecule has 0 aromatic heterocycles. The largest absolute Gasteiger partial charge is 0.388 e. The highest BCUT2D eigenvalue weighted by Gasteiger charge is 2.38. The Morgan fingerprint density at radius 3 is 2.83 bits per heavy atom. The third-order valence-electron chi connectivity index (χ3n) is 3.93. The Bertz CT molecular complexity index is 354. The fourth-order valence-corrected chi connectivity index (χ4v) is 2.91. The van der Waals surface area contributed by atoms with Crippen LogP contribution in [0, 0.1) is 5.92 Å². The van der Waals surface area contributed by atoms with Crippen molar-refractivity contribution in [2.45, 2.75) is 38.7 Å². The Hall–Kier alpha value is -1.10. The van der Waals surface area contributed by atoms with Gasteiger partial charge in [-0.05, 0) is 26.7 Å². The van der Waals surface area contributed by atoms with Crippen LogP contribution in [0.25, 0.3) is 0 Å². The van der Waals surface area contributed by atoms with Gasteiger partial charge in [-0.15, -0.1) is 0 Å². The van der Waals surface area contributed by atoms with Gasteiger partial charge in [0.1, 0.15) is 0 Å². The van der Waals surface area contributed by atoms with Gasteiger partial charge in [-0.1, -0.05) is 0 Å². The predicted molar refractivity (Wildman–Crippen MR) is 66.8 cm³/mol. The van der Waals surface area contributed by atoms with Crippen LogP contribution in [0.4, 0.5) is 0 Å². The highest BCUT2D eigenvalue weighted by atomic mass is 16.3. The van der Waals surface area contributed by atoms with Gasteiger partial charge in [0, 0.05) is 32.6 Å². The molecule has 1 N–H and O–H groups in total. The molecule has 0 spiro atoms. The van der Waals surface area contributed by atoms with Crippen molar-refractivity contribution in [3.63, 3.8) is 0 Å². The summed E-state index contributed by atoms with van der Waals surface area (Å²) in [6.07, 6.45) is 1.89. The summed E-state index contributed by atoms with van der Waals surface area (Å²) in [5.74, 6) is -0.120. The first kappa shape index (κ1) is 13.3. The Balaban J connectivity index is 1.98. The molecule has 0 bridgehead atoms. The number of β-amino-alcohol motifs (C(OH)–C–C–N with tert-alkyl or cyclic N) is 1. The van der Waals surface area contributed by atoms with E-state index in [2.05, 4.69) is 0 Å². The van der Waals surface area contributed by atoms with E-state index in [1.54, 1.807) is 16.7 Å². The number of piperidine rings is 1. The van der Waals surface area contributed by atoms with Gasteiger partial charge in [0.15, 0.2) is 0 Å². The second-order valence-corrected chi connectivity index (χ2v) is 5.69. The van der Waals surface area contributed by atoms with Crippen molar-refractivity contribution < 1.29 is 14.7 Å². The third kappa shape index (κ3) is 2.66. The summed E-state index contributed by atoms with van der Waals surface area (Å²) in [5, 5.41) is 10.0. The zero-order valence-electron chi connectivity index (χ0n) is 11.2. The molecule has 2 heterocycles. The van der Waals surface area contributed by atoms with Crippen LogP contribution in [-0.4, -0.2) is 58.5 Å². The lowest BCUT2D eigenvalue weighted by molar-refractivity contribution is -0.141. The lowest BCUT2D eigenvalue weighted by Crippen LogP contribution is -2.50. The topological polar surface area (TPSA) is 60.9 Å². The minimum Gasteiger partial charge on any atom is -0.388 e. The minimum absolute atomic E-state index is 0.0271. The molecule has 5 heteroatoms. The number of aliphatic hydroxyl groups is 1. The molecule has 0 aromatic rings. The van der Waals surface area contributed by atoms with Crippen molar-refractivity contribution >= 4 is 11.8 Å². The van der Waals surface area contributed by atoms with E-state index in [0.717, 1.165) is 12.8 Å². The van der Waals surface area contributed by atoms with Gasteiger partial charge in [-0.2, -0.15) is 0 Å². The predicted octanol–water partition coefficient (Wildman–Crippen LogP) is 0.228. The molecule has 0 aliphatic carbocycles. The molecular weight excluding hydrogens is 232 g/mol. The van der Waals surface area contributed by atoms with Crippen molar-refractivity contribution in [3.8, 4) is 0 Å². The van der Waals surface area contributed by atoms with Crippen LogP contribution in [0.2, 0.25) is 0 Å². The summed E-state index contributed by atoms with van der Waals surface area (Å²) >= 11 is 0. The molecule has 2 rings (SSSR count). The maximum absolute atomic E-state index is 12.3. The monoisotopic (exact) mass is 254 g/mol. The lowest BCUT2D eigenvalue weighted by atomic mass is 9.94. The number of carbonyl (C=O) groups excluding carboxylic acids is 2. The third-order valence-corrected chi connectivity index (χ3v) is 3.93. The molecular formula is C13H22N2O3. The van der Waals surface area contributed by atoms with Gasteiger partial charge in [-0.3, -0.25) is 9.59 Å². The first-order valence-electron chi connectivity index (χ1n) is 6.72. The van der Waals surface area contributed by atoms with Gasteiger partial charge in [0.2, 0.25) is 11.8 Å². The van der Waals surface area contributed by atoms with Gasteiger partial charge in [0.25, 0.3) is 0 Å². The van der Waals surface area contributed by atoms with E-state index in [9.17, 15) is 14.7 Å². The van der Waals surface area contributed by atoms with Crippen LogP contribution >= 0.6 is 0 Å². The fourth-order valence-electron chi connectivity index (χ4n) is 2.91. The number of likely N-dealkylation sites (tertiary alicyclic amines) is 2. The number of amides is 2. The SMILES string of the molecule is CCN1CC(C(=O)N2CCCC(C)(O)C2)CC1=O. The van der Waals surface area contributed by atoms with Crippen LogP contribution in [0.15, 0.2) is 0 Å². The summed E-state index contributed by atoms with van der Waals surface area (Å²) in [5.41, 5.74) is -0.777. The fraction of sp³-hybridized carbons (Fsp3) is 0.846. The van der Waals surface area contributed by atoms with Crippen LogP contribution in [0.3, 0.4) is 0 Å². The Labute approximate surface area is 108 Å². The quantitative estimate of drug-likeness (QED) is 0.767. The molecule has 0 saturated carbocycles. The maximum atomic E-state index is 12.3. The van der Waals surface area contributed by atoms with Crippen LogP contribution in [0.5, 0.6) is 0 Å². The number of rotatable bonds is 2. The van der Waals surface area contributed by atoms with E-state index < -0.39 is 5.60 Å². The Morgan fingerprint density at radius 1 is 1.56 bits per heavy atom.